The number of likely N-dealkylation sites (N-methyl/N-ethyl adjacent to an activating group) is 1. The SMILES string of the molecule is CN(C1CC1)C(C)(C(=O)O)C1CC1. The van der Waals surface area contributed by atoms with E-state index in [-0.39, 0.29) is 0 Å². The molecule has 0 bridgehead atoms. The third-order valence-electron chi connectivity index (χ3n) is 3.63. The molecule has 2 aliphatic rings. The van der Waals surface area contributed by atoms with E-state index in [2.05, 4.69) is 4.90 Å². The molecular weight excluding hydrogens is 166 g/mol. The average Bonchev–Trinajstić information content (AvgIpc) is 2.85. The van der Waals surface area contributed by atoms with Gasteiger partial charge in [0.25, 0.3) is 0 Å². The van der Waals surface area contributed by atoms with E-state index in [0.29, 0.717) is 12.0 Å². The zero-order valence-electron chi connectivity index (χ0n) is 8.29. The lowest BCUT2D eigenvalue weighted by Gasteiger charge is -2.35. The Balaban J connectivity index is 2.15. The van der Waals surface area contributed by atoms with Crippen molar-refractivity contribution in [2.45, 2.75) is 44.2 Å². The van der Waals surface area contributed by atoms with E-state index in [0.717, 1.165) is 12.8 Å². The summed E-state index contributed by atoms with van der Waals surface area (Å²) in [6, 6.07) is 0.529. The third kappa shape index (κ3) is 1.35. The molecule has 2 fully saturated rings. The van der Waals surface area contributed by atoms with Crippen LogP contribution in [0.5, 0.6) is 0 Å². The normalized spacial score (nSPS) is 27.3. The van der Waals surface area contributed by atoms with Crippen LogP contribution in [0.15, 0.2) is 0 Å². The Hall–Kier alpha value is -0.570. The van der Waals surface area contributed by atoms with Crippen molar-refractivity contribution in [2.24, 2.45) is 5.92 Å². The molecule has 0 saturated heterocycles. The summed E-state index contributed by atoms with van der Waals surface area (Å²) < 4.78 is 0. The maximum absolute atomic E-state index is 11.2. The van der Waals surface area contributed by atoms with Crippen molar-refractivity contribution >= 4 is 5.97 Å². The van der Waals surface area contributed by atoms with Crippen LogP contribution in [0.4, 0.5) is 0 Å². The van der Waals surface area contributed by atoms with Gasteiger partial charge in [-0.25, -0.2) is 0 Å². The van der Waals surface area contributed by atoms with Crippen molar-refractivity contribution in [1.82, 2.24) is 4.90 Å². The van der Waals surface area contributed by atoms with Crippen LogP contribution in [0.2, 0.25) is 0 Å². The van der Waals surface area contributed by atoms with Crippen molar-refractivity contribution in [1.29, 1.82) is 0 Å². The second-order valence-electron chi connectivity index (χ2n) is 4.57. The second-order valence-corrected chi connectivity index (χ2v) is 4.57. The molecule has 1 unspecified atom stereocenters. The number of hydrogen-bond donors (Lipinski definition) is 1. The van der Waals surface area contributed by atoms with Gasteiger partial charge >= 0.3 is 5.97 Å². The minimum Gasteiger partial charge on any atom is -0.480 e. The zero-order valence-corrected chi connectivity index (χ0v) is 8.29. The van der Waals surface area contributed by atoms with Gasteiger partial charge in [0, 0.05) is 6.04 Å². The lowest BCUT2D eigenvalue weighted by molar-refractivity contribution is -0.151. The van der Waals surface area contributed by atoms with Gasteiger partial charge in [-0.3, -0.25) is 9.69 Å². The fraction of sp³-hybridized carbons (Fsp3) is 0.900. The summed E-state index contributed by atoms with van der Waals surface area (Å²) in [7, 11) is 1.96. The number of carbonyl (C=O) groups is 1. The van der Waals surface area contributed by atoms with E-state index >= 15 is 0 Å². The number of hydrogen-bond acceptors (Lipinski definition) is 2. The highest BCUT2D eigenvalue weighted by Gasteiger charge is 2.53. The predicted octanol–water partition coefficient (Wildman–Crippen LogP) is 1.33. The lowest BCUT2D eigenvalue weighted by Crippen LogP contribution is -2.53. The van der Waals surface area contributed by atoms with Crippen LogP contribution in [0.1, 0.15) is 32.6 Å². The van der Waals surface area contributed by atoms with Crippen LogP contribution in [-0.4, -0.2) is 34.6 Å². The molecule has 2 saturated carbocycles. The third-order valence-corrected chi connectivity index (χ3v) is 3.63. The number of rotatable bonds is 4. The quantitative estimate of drug-likeness (QED) is 0.715. The monoisotopic (exact) mass is 183 g/mol. The van der Waals surface area contributed by atoms with Gasteiger partial charge in [0.2, 0.25) is 0 Å². The molecule has 74 valence electrons. The predicted molar refractivity (Wildman–Crippen MR) is 49.5 cm³/mol. The molecule has 2 aliphatic carbocycles. The van der Waals surface area contributed by atoms with Crippen LogP contribution < -0.4 is 0 Å². The summed E-state index contributed by atoms with van der Waals surface area (Å²) in [6.07, 6.45) is 4.51. The molecule has 0 spiro atoms. The van der Waals surface area contributed by atoms with Crippen molar-refractivity contribution in [3.8, 4) is 0 Å². The molecule has 0 heterocycles. The summed E-state index contributed by atoms with van der Waals surface area (Å²) in [6.45, 7) is 1.88. The van der Waals surface area contributed by atoms with Gasteiger partial charge in [-0.05, 0) is 45.6 Å². The van der Waals surface area contributed by atoms with Crippen molar-refractivity contribution in [2.75, 3.05) is 7.05 Å². The Morgan fingerprint density at radius 1 is 1.38 bits per heavy atom. The first-order chi connectivity index (χ1) is 6.06. The molecule has 13 heavy (non-hydrogen) atoms. The summed E-state index contributed by atoms with van der Waals surface area (Å²) in [5.41, 5.74) is -0.596. The van der Waals surface area contributed by atoms with Gasteiger partial charge < -0.3 is 5.11 Å². The van der Waals surface area contributed by atoms with Crippen molar-refractivity contribution in [3.05, 3.63) is 0 Å². The standard InChI is InChI=1S/C10H17NO2/c1-10(9(12)13,7-3-4-7)11(2)8-5-6-8/h7-8H,3-6H2,1-2H3,(H,12,13). The first kappa shape index (κ1) is 9.00. The van der Waals surface area contributed by atoms with E-state index in [9.17, 15) is 9.90 Å². The lowest BCUT2D eigenvalue weighted by atomic mass is 9.94. The molecule has 0 aromatic carbocycles. The molecule has 1 atom stereocenters. The van der Waals surface area contributed by atoms with Crippen LogP contribution in [0.3, 0.4) is 0 Å². The van der Waals surface area contributed by atoms with Crippen LogP contribution in [0, 0.1) is 5.92 Å². The maximum atomic E-state index is 11.2. The van der Waals surface area contributed by atoms with Gasteiger partial charge in [-0.15, -0.1) is 0 Å². The highest BCUT2D eigenvalue weighted by Crippen LogP contribution is 2.46. The minimum absolute atomic E-state index is 0.385. The van der Waals surface area contributed by atoms with Crippen molar-refractivity contribution < 1.29 is 9.90 Å². The van der Waals surface area contributed by atoms with Crippen LogP contribution in [0.25, 0.3) is 0 Å². The highest BCUT2D eigenvalue weighted by atomic mass is 16.4. The highest BCUT2D eigenvalue weighted by molar-refractivity contribution is 5.79. The Morgan fingerprint density at radius 2 is 1.92 bits per heavy atom. The molecule has 0 radical (unpaired) electrons. The number of aliphatic carboxylic acids is 1. The van der Waals surface area contributed by atoms with Gasteiger partial charge in [-0.1, -0.05) is 0 Å². The smallest absolute Gasteiger partial charge is 0.324 e. The van der Waals surface area contributed by atoms with Crippen LogP contribution in [-0.2, 0) is 4.79 Å². The van der Waals surface area contributed by atoms with Crippen molar-refractivity contribution in [3.63, 3.8) is 0 Å². The molecular formula is C10H17NO2. The molecule has 2 rings (SSSR count). The molecule has 3 nitrogen and oxygen atoms in total. The molecule has 0 aliphatic heterocycles. The first-order valence-electron chi connectivity index (χ1n) is 5.03. The number of nitrogens with zero attached hydrogens (tertiary/aromatic N) is 1. The number of carboxylic acids is 1. The average molecular weight is 183 g/mol. The fourth-order valence-electron chi connectivity index (χ4n) is 2.10. The Labute approximate surface area is 78.7 Å². The van der Waals surface area contributed by atoms with Gasteiger partial charge in [0.05, 0.1) is 0 Å². The Morgan fingerprint density at radius 3 is 2.23 bits per heavy atom. The largest absolute Gasteiger partial charge is 0.480 e. The van der Waals surface area contributed by atoms with Gasteiger partial charge in [-0.2, -0.15) is 0 Å². The van der Waals surface area contributed by atoms with E-state index in [1.54, 1.807) is 0 Å². The molecule has 3 heteroatoms. The molecule has 0 aromatic rings. The van der Waals surface area contributed by atoms with Crippen LogP contribution >= 0.6 is 0 Å². The van der Waals surface area contributed by atoms with E-state index in [4.69, 9.17) is 0 Å². The maximum Gasteiger partial charge on any atom is 0.324 e. The van der Waals surface area contributed by atoms with E-state index in [1.807, 2.05) is 14.0 Å². The summed E-state index contributed by atoms with van der Waals surface area (Å²) in [5.74, 6) is -0.264. The summed E-state index contributed by atoms with van der Waals surface area (Å²) in [4.78, 5) is 13.3. The fourth-order valence-corrected chi connectivity index (χ4v) is 2.10. The van der Waals surface area contributed by atoms with Gasteiger partial charge in [0.15, 0.2) is 0 Å². The number of carboxylic acid groups (broad SMARTS) is 1. The molecule has 1 N–H and O–H groups in total. The molecule has 0 amide bonds. The first-order valence-corrected chi connectivity index (χ1v) is 5.03. The Bertz CT molecular complexity index is 233. The Kier molecular flexibility index (Phi) is 1.88. The summed E-state index contributed by atoms with van der Waals surface area (Å²) in [5, 5.41) is 9.25. The second kappa shape index (κ2) is 2.71. The summed E-state index contributed by atoms with van der Waals surface area (Å²) >= 11 is 0. The molecule has 0 aromatic heterocycles. The topological polar surface area (TPSA) is 40.5 Å². The van der Waals surface area contributed by atoms with Gasteiger partial charge in [0.1, 0.15) is 5.54 Å². The van der Waals surface area contributed by atoms with E-state index < -0.39 is 11.5 Å². The van der Waals surface area contributed by atoms with E-state index in [1.165, 1.54) is 12.8 Å². The zero-order chi connectivity index (χ0) is 9.64. The minimum atomic E-state index is -0.649.